The smallest absolute Gasteiger partial charge is 0.329 e. The first-order valence-electron chi connectivity index (χ1n) is 8.73. The number of esters is 1. The summed E-state index contributed by atoms with van der Waals surface area (Å²) in [5.41, 5.74) is 9.03. The van der Waals surface area contributed by atoms with E-state index in [1.54, 1.807) is 30.3 Å². The molecule has 1 aromatic heterocycles. The van der Waals surface area contributed by atoms with Crippen molar-refractivity contribution in [2.45, 2.75) is 13.8 Å². The van der Waals surface area contributed by atoms with E-state index >= 15 is 0 Å². The number of nitrogens with two attached hydrogens (primary N) is 1. The fourth-order valence-corrected chi connectivity index (χ4v) is 3.17. The number of methoxy groups -OCH3 is 1. The van der Waals surface area contributed by atoms with Crippen LogP contribution in [0.25, 0.3) is 11.8 Å². The molecule has 29 heavy (non-hydrogen) atoms. The average Bonchev–Trinajstić information content (AvgIpc) is 3.11. The van der Waals surface area contributed by atoms with E-state index < -0.39 is 30.4 Å². The van der Waals surface area contributed by atoms with E-state index in [1.165, 1.54) is 7.11 Å². The number of rotatable bonds is 5. The Labute approximate surface area is 166 Å². The van der Waals surface area contributed by atoms with Gasteiger partial charge in [0.15, 0.2) is 0 Å². The molecule has 2 aromatic rings. The van der Waals surface area contributed by atoms with Gasteiger partial charge in [-0.15, -0.1) is 0 Å². The van der Waals surface area contributed by atoms with E-state index in [0.29, 0.717) is 5.56 Å². The number of ether oxygens (including phenoxy) is 1. The minimum atomic E-state index is -0.688. The summed E-state index contributed by atoms with van der Waals surface area (Å²) in [6, 6.07) is 8.02. The van der Waals surface area contributed by atoms with Crippen LogP contribution in [0, 0.1) is 13.8 Å². The first-order chi connectivity index (χ1) is 13.7. The number of hydrogen-bond acceptors (Lipinski definition) is 5. The molecule has 0 spiro atoms. The Morgan fingerprint density at radius 3 is 2.41 bits per heavy atom. The molecule has 1 aliphatic rings. The highest BCUT2D eigenvalue weighted by molar-refractivity contribution is 6.15. The van der Waals surface area contributed by atoms with E-state index in [-0.39, 0.29) is 5.70 Å². The number of carbonyl (C=O) groups is 4. The van der Waals surface area contributed by atoms with Crippen molar-refractivity contribution in [3.8, 4) is 5.69 Å². The van der Waals surface area contributed by atoms with Crippen molar-refractivity contribution < 1.29 is 23.9 Å². The standard InChI is InChI=1S/C20H20N4O5/c1-11-8-14(9-16-19(27)23(20(28)22-16)10-17(25)29-3)12(2)24(11)15-6-4-13(5-7-15)18(21)26/h4-9H,10H2,1-3H3,(H2,21,26)(H,22,28)/b16-9+. The second-order valence-corrected chi connectivity index (χ2v) is 6.53. The lowest BCUT2D eigenvalue weighted by atomic mass is 10.2. The van der Waals surface area contributed by atoms with Gasteiger partial charge in [-0.3, -0.25) is 14.4 Å². The van der Waals surface area contributed by atoms with E-state index in [1.807, 2.05) is 24.5 Å². The lowest BCUT2D eigenvalue weighted by Crippen LogP contribution is -2.36. The molecule has 3 N–H and O–H groups in total. The maximum Gasteiger partial charge on any atom is 0.329 e. The van der Waals surface area contributed by atoms with Crippen molar-refractivity contribution >= 4 is 29.9 Å². The molecule has 0 unspecified atom stereocenters. The molecule has 150 valence electrons. The maximum absolute atomic E-state index is 12.5. The Morgan fingerprint density at radius 1 is 1.17 bits per heavy atom. The van der Waals surface area contributed by atoms with Gasteiger partial charge in [0.2, 0.25) is 5.91 Å². The van der Waals surface area contributed by atoms with Gasteiger partial charge in [0.25, 0.3) is 5.91 Å². The largest absolute Gasteiger partial charge is 0.468 e. The molecule has 0 atom stereocenters. The van der Waals surface area contributed by atoms with Crippen LogP contribution in [0.5, 0.6) is 0 Å². The van der Waals surface area contributed by atoms with E-state index in [2.05, 4.69) is 10.1 Å². The van der Waals surface area contributed by atoms with E-state index in [4.69, 9.17) is 5.73 Å². The van der Waals surface area contributed by atoms with Crippen LogP contribution in [-0.2, 0) is 14.3 Å². The Balaban J connectivity index is 1.92. The van der Waals surface area contributed by atoms with E-state index in [0.717, 1.165) is 27.5 Å². The number of aryl methyl sites for hydroxylation is 1. The number of imide groups is 1. The van der Waals surface area contributed by atoms with Crippen molar-refractivity contribution in [1.82, 2.24) is 14.8 Å². The van der Waals surface area contributed by atoms with Crippen LogP contribution < -0.4 is 11.1 Å². The zero-order valence-corrected chi connectivity index (χ0v) is 16.2. The molecule has 1 fully saturated rings. The van der Waals surface area contributed by atoms with Crippen LogP contribution in [0.2, 0.25) is 0 Å². The van der Waals surface area contributed by atoms with Crippen molar-refractivity contribution in [2.24, 2.45) is 5.73 Å². The number of hydrogen-bond donors (Lipinski definition) is 2. The van der Waals surface area contributed by atoms with Gasteiger partial charge in [0.05, 0.1) is 7.11 Å². The van der Waals surface area contributed by atoms with Crippen LogP contribution in [0.1, 0.15) is 27.3 Å². The molecule has 0 saturated carbocycles. The Morgan fingerprint density at radius 2 is 1.83 bits per heavy atom. The summed E-state index contributed by atoms with van der Waals surface area (Å²) >= 11 is 0. The molecule has 0 aliphatic carbocycles. The monoisotopic (exact) mass is 396 g/mol. The quantitative estimate of drug-likeness (QED) is 0.447. The van der Waals surface area contributed by atoms with E-state index in [9.17, 15) is 19.2 Å². The minimum absolute atomic E-state index is 0.0724. The minimum Gasteiger partial charge on any atom is -0.468 e. The molecule has 1 saturated heterocycles. The van der Waals surface area contributed by atoms with Gasteiger partial charge in [-0.2, -0.15) is 0 Å². The molecule has 1 aromatic carbocycles. The SMILES string of the molecule is COC(=O)CN1C(=O)N/C(=C/c2cc(C)n(-c3ccc(C(N)=O)cc3)c2C)C1=O. The Bertz CT molecular complexity index is 1050. The molecule has 9 nitrogen and oxygen atoms in total. The number of aromatic nitrogens is 1. The number of primary amides is 1. The molecule has 0 radical (unpaired) electrons. The summed E-state index contributed by atoms with van der Waals surface area (Å²) in [6.45, 7) is 3.31. The average molecular weight is 396 g/mol. The summed E-state index contributed by atoms with van der Waals surface area (Å²) < 4.78 is 6.46. The molecule has 1 aliphatic heterocycles. The predicted octanol–water partition coefficient (Wildman–Crippen LogP) is 1.26. The Kier molecular flexibility index (Phi) is 5.22. The third-order valence-electron chi connectivity index (χ3n) is 4.66. The molecule has 2 heterocycles. The number of carbonyl (C=O) groups excluding carboxylic acids is 4. The molecule has 9 heteroatoms. The van der Waals surface area contributed by atoms with Crippen LogP contribution in [-0.4, -0.2) is 46.9 Å². The van der Waals surface area contributed by atoms with Gasteiger partial charge in [-0.1, -0.05) is 0 Å². The van der Waals surface area contributed by atoms with Crippen molar-refractivity contribution in [3.63, 3.8) is 0 Å². The van der Waals surface area contributed by atoms with Crippen molar-refractivity contribution in [3.05, 3.63) is 58.5 Å². The number of nitrogens with one attached hydrogen (secondary N) is 1. The molecule has 0 bridgehead atoms. The van der Waals surface area contributed by atoms with Gasteiger partial charge in [-0.05, 0) is 55.8 Å². The lowest BCUT2D eigenvalue weighted by molar-refractivity contribution is -0.143. The summed E-state index contributed by atoms with van der Waals surface area (Å²) in [7, 11) is 1.18. The summed E-state index contributed by atoms with van der Waals surface area (Å²) in [4.78, 5) is 47.9. The Hall–Kier alpha value is -3.88. The first-order valence-corrected chi connectivity index (χ1v) is 8.73. The van der Waals surface area contributed by atoms with Gasteiger partial charge in [0, 0.05) is 22.6 Å². The number of nitrogens with zero attached hydrogens (tertiary/aromatic N) is 2. The van der Waals surface area contributed by atoms with Crippen LogP contribution >= 0.6 is 0 Å². The first kappa shape index (κ1) is 19.9. The third kappa shape index (κ3) is 3.75. The molecule has 3 rings (SSSR count). The third-order valence-corrected chi connectivity index (χ3v) is 4.66. The van der Waals surface area contributed by atoms with Gasteiger partial charge in [-0.25, -0.2) is 9.69 Å². The normalized spacial score (nSPS) is 15.0. The highest BCUT2D eigenvalue weighted by atomic mass is 16.5. The molecule has 4 amide bonds. The second kappa shape index (κ2) is 7.63. The number of benzene rings is 1. The van der Waals surface area contributed by atoms with Crippen LogP contribution in [0.4, 0.5) is 4.79 Å². The topological polar surface area (TPSA) is 124 Å². The number of amides is 4. The molecular formula is C20H20N4O5. The van der Waals surface area contributed by atoms with Gasteiger partial charge in [0.1, 0.15) is 12.2 Å². The fraction of sp³-hybridized carbons (Fsp3) is 0.200. The highest BCUT2D eigenvalue weighted by Crippen LogP contribution is 2.24. The lowest BCUT2D eigenvalue weighted by Gasteiger charge is -2.10. The van der Waals surface area contributed by atoms with Gasteiger partial charge >= 0.3 is 12.0 Å². The van der Waals surface area contributed by atoms with Crippen LogP contribution in [0.3, 0.4) is 0 Å². The van der Waals surface area contributed by atoms with Crippen molar-refractivity contribution in [2.75, 3.05) is 13.7 Å². The summed E-state index contributed by atoms with van der Waals surface area (Å²) in [5.74, 6) is -1.79. The zero-order valence-electron chi connectivity index (χ0n) is 16.2. The molecular weight excluding hydrogens is 376 g/mol. The fourth-order valence-electron chi connectivity index (χ4n) is 3.17. The zero-order chi connectivity index (χ0) is 21.3. The van der Waals surface area contributed by atoms with Crippen molar-refractivity contribution in [1.29, 1.82) is 0 Å². The highest BCUT2D eigenvalue weighted by Gasteiger charge is 2.35. The van der Waals surface area contributed by atoms with Crippen LogP contribution in [0.15, 0.2) is 36.0 Å². The van der Waals surface area contributed by atoms with Gasteiger partial charge < -0.3 is 20.4 Å². The summed E-state index contributed by atoms with van der Waals surface area (Å²) in [5, 5.41) is 2.48. The predicted molar refractivity (Wildman–Crippen MR) is 104 cm³/mol. The number of urea groups is 1. The second-order valence-electron chi connectivity index (χ2n) is 6.53. The summed E-state index contributed by atoms with van der Waals surface area (Å²) in [6.07, 6.45) is 1.56. The maximum atomic E-state index is 12.5.